The second-order valence-corrected chi connectivity index (χ2v) is 4.62. The van der Waals surface area contributed by atoms with E-state index >= 15 is 0 Å². The molecule has 2 unspecified atom stereocenters. The van der Waals surface area contributed by atoms with Gasteiger partial charge in [-0.05, 0) is 18.4 Å². The molecule has 1 heterocycles. The molecule has 1 aliphatic heterocycles. The van der Waals surface area contributed by atoms with Gasteiger partial charge in [0.25, 0.3) is 0 Å². The number of nitrogens with one attached hydrogen (secondary N) is 1. The summed E-state index contributed by atoms with van der Waals surface area (Å²) in [5.41, 5.74) is 1.15. The Morgan fingerprint density at radius 2 is 2.62 bits per heavy atom. The number of aliphatic imine (C=N–C) groups is 1. The first-order chi connectivity index (χ1) is 6.18. The fourth-order valence-corrected chi connectivity index (χ4v) is 1.88. The van der Waals surface area contributed by atoms with E-state index in [4.69, 9.17) is 0 Å². The van der Waals surface area contributed by atoms with Crippen LogP contribution < -0.4 is 4.72 Å². The van der Waals surface area contributed by atoms with Crippen molar-refractivity contribution in [2.45, 2.75) is 17.7 Å². The van der Waals surface area contributed by atoms with Crippen molar-refractivity contribution >= 4 is 33.4 Å². The van der Waals surface area contributed by atoms with E-state index in [1.807, 2.05) is 6.21 Å². The standard InChI is InChI=1S/C7H11BrN2O2S/c8-7-3-6(4-9-5-7)1-2-10-13(11)12/h4-5,7,10H,1-3H2,(H,11,12)/p-1. The van der Waals surface area contributed by atoms with Gasteiger partial charge < -0.3 is 4.55 Å². The van der Waals surface area contributed by atoms with Gasteiger partial charge in [0.15, 0.2) is 0 Å². The van der Waals surface area contributed by atoms with Crippen LogP contribution in [0.3, 0.4) is 0 Å². The Balaban J connectivity index is 2.25. The zero-order valence-corrected chi connectivity index (χ0v) is 9.31. The third kappa shape index (κ3) is 4.66. The predicted molar refractivity (Wildman–Crippen MR) is 55.4 cm³/mol. The van der Waals surface area contributed by atoms with Gasteiger partial charge >= 0.3 is 0 Å². The topological polar surface area (TPSA) is 64.5 Å². The second kappa shape index (κ2) is 5.64. The summed E-state index contributed by atoms with van der Waals surface area (Å²) >= 11 is 1.26. The molecule has 1 N–H and O–H groups in total. The number of nitrogens with zero attached hydrogens (tertiary/aromatic N) is 1. The Morgan fingerprint density at radius 3 is 3.23 bits per heavy atom. The van der Waals surface area contributed by atoms with E-state index < -0.39 is 11.3 Å². The predicted octanol–water partition coefficient (Wildman–Crippen LogP) is 0.882. The van der Waals surface area contributed by atoms with Crippen molar-refractivity contribution in [2.75, 3.05) is 6.54 Å². The molecule has 0 bridgehead atoms. The molecular formula is C7H10BrN2O2S-. The van der Waals surface area contributed by atoms with E-state index in [0.29, 0.717) is 13.0 Å². The minimum absolute atomic E-state index is 0.283. The molecule has 0 amide bonds. The van der Waals surface area contributed by atoms with Crippen LogP contribution in [-0.2, 0) is 11.3 Å². The zero-order chi connectivity index (χ0) is 9.68. The van der Waals surface area contributed by atoms with Gasteiger partial charge in [-0.2, -0.15) is 0 Å². The fraction of sp³-hybridized carbons (Fsp3) is 0.571. The molecule has 0 aromatic carbocycles. The molecule has 2 atom stereocenters. The Hall–Kier alpha value is -0.0400. The molecule has 0 saturated carbocycles. The summed E-state index contributed by atoms with van der Waals surface area (Å²) in [5.74, 6) is 0. The second-order valence-electron chi connectivity index (χ2n) is 2.68. The van der Waals surface area contributed by atoms with Crippen LogP contribution in [0.4, 0.5) is 0 Å². The average molecular weight is 266 g/mol. The van der Waals surface area contributed by atoms with Crippen LogP contribution in [0.5, 0.6) is 0 Å². The SMILES string of the molecule is O=S([O-])NCCC1=CN=CC(Br)C1. The summed E-state index contributed by atoms with van der Waals surface area (Å²) in [5, 5.41) is 0. The molecule has 0 saturated heterocycles. The van der Waals surface area contributed by atoms with Crippen molar-refractivity contribution in [1.29, 1.82) is 0 Å². The third-order valence-electron chi connectivity index (χ3n) is 1.63. The zero-order valence-electron chi connectivity index (χ0n) is 6.90. The van der Waals surface area contributed by atoms with Gasteiger partial charge in [0.2, 0.25) is 0 Å². The maximum atomic E-state index is 10.1. The van der Waals surface area contributed by atoms with Crippen LogP contribution in [0.1, 0.15) is 12.8 Å². The molecule has 13 heavy (non-hydrogen) atoms. The number of hydrogen-bond donors (Lipinski definition) is 1. The summed E-state index contributed by atoms with van der Waals surface area (Å²) in [6, 6.07) is 0. The van der Waals surface area contributed by atoms with Crippen molar-refractivity contribution in [3.63, 3.8) is 0 Å². The highest BCUT2D eigenvalue weighted by atomic mass is 79.9. The minimum atomic E-state index is -2.16. The van der Waals surface area contributed by atoms with Crippen LogP contribution >= 0.6 is 15.9 Å². The molecular weight excluding hydrogens is 256 g/mol. The van der Waals surface area contributed by atoms with Crippen molar-refractivity contribution < 1.29 is 8.76 Å². The first-order valence-corrected chi connectivity index (χ1v) is 5.85. The van der Waals surface area contributed by atoms with Crippen LogP contribution in [0.15, 0.2) is 16.8 Å². The number of halogens is 1. The van der Waals surface area contributed by atoms with Gasteiger partial charge in [0.05, 0.1) is 4.83 Å². The molecule has 0 aromatic heterocycles. The lowest BCUT2D eigenvalue weighted by molar-refractivity contribution is 0.523. The monoisotopic (exact) mass is 265 g/mol. The van der Waals surface area contributed by atoms with E-state index in [1.54, 1.807) is 6.20 Å². The van der Waals surface area contributed by atoms with Crippen molar-refractivity contribution in [3.05, 3.63) is 11.8 Å². The summed E-state index contributed by atoms with van der Waals surface area (Å²) in [6.45, 7) is 0.442. The van der Waals surface area contributed by atoms with Crippen LogP contribution in [-0.4, -0.2) is 26.3 Å². The highest BCUT2D eigenvalue weighted by Gasteiger charge is 2.08. The van der Waals surface area contributed by atoms with Crippen LogP contribution in [0, 0.1) is 0 Å². The van der Waals surface area contributed by atoms with Crippen LogP contribution in [0.2, 0.25) is 0 Å². The summed E-state index contributed by atoms with van der Waals surface area (Å²) < 4.78 is 22.6. The number of hydrogen-bond acceptors (Lipinski definition) is 3. The van der Waals surface area contributed by atoms with Gasteiger partial charge in [-0.3, -0.25) is 9.20 Å². The molecule has 74 valence electrons. The van der Waals surface area contributed by atoms with E-state index in [1.165, 1.54) is 0 Å². The number of rotatable bonds is 4. The molecule has 0 aromatic rings. The van der Waals surface area contributed by atoms with Crippen molar-refractivity contribution in [1.82, 2.24) is 4.72 Å². The summed E-state index contributed by atoms with van der Waals surface area (Å²) in [7, 11) is 0. The highest BCUT2D eigenvalue weighted by molar-refractivity contribution is 9.10. The van der Waals surface area contributed by atoms with E-state index in [9.17, 15) is 8.76 Å². The van der Waals surface area contributed by atoms with E-state index in [-0.39, 0.29) is 4.83 Å². The van der Waals surface area contributed by atoms with E-state index in [0.717, 1.165) is 12.0 Å². The van der Waals surface area contributed by atoms with Gasteiger partial charge in [0, 0.05) is 30.2 Å². The van der Waals surface area contributed by atoms with Gasteiger partial charge in [-0.1, -0.05) is 15.9 Å². The fourth-order valence-electron chi connectivity index (χ4n) is 1.06. The molecule has 1 rings (SSSR count). The van der Waals surface area contributed by atoms with Crippen molar-refractivity contribution in [2.24, 2.45) is 4.99 Å². The van der Waals surface area contributed by atoms with Gasteiger partial charge in [-0.15, -0.1) is 0 Å². The molecule has 0 radical (unpaired) electrons. The molecule has 6 heteroatoms. The molecule has 4 nitrogen and oxygen atoms in total. The Morgan fingerprint density at radius 1 is 1.85 bits per heavy atom. The van der Waals surface area contributed by atoms with E-state index in [2.05, 4.69) is 25.6 Å². The normalized spacial score (nSPS) is 24.2. The molecule has 0 fully saturated rings. The largest absolute Gasteiger partial charge is 0.760 e. The maximum Gasteiger partial charge on any atom is 0.0536 e. The highest BCUT2D eigenvalue weighted by Crippen LogP contribution is 2.17. The molecule has 1 aliphatic rings. The maximum absolute atomic E-state index is 10.1. The first-order valence-electron chi connectivity index (χ1n) is 3.86. The van der Waals surface area contributed by atoms with Crippen molar-refractivity contribution in [3.8, 4) is 0 Å². The Kier molecular flexibility index (Phi) is 4.79. The molecule has 0 aliphatic carbocycles. The smallest absolute Gasteiger partial charge is 0.0536 e. The Bertz CT molecular complexity index is 255. The molecule has 0 spiro atoms. The van der Waals surface area contributed by atoms with Crippen LogP contribution in [0.25, 0.3) is 0 Å². The van der Waals surface area contributed by atoms with Gasteiger partial charge in [0.1, 0.15) is 0 Å². The quantitative estimate of drug-likeness (QED) is 0.606. The third-order valence-corrected chi connectivity index (χ3v) is 2.63. The Labute approximate surface area is 88.1 Å². The first kappa shape index (κ1) is 11.0. The summed E-state index contributed by atoms with van der Waals surface area (Å²) in [4.78, 5) is 4.30. The minimum Gasteiger partial charge on any atom is -0.760 e. The number of alkyl halides is 1. The van der Waals surface area contributed by atoms with Gasteiger partial charge in [-0.25, -0.2) is 4.72 Å². The lowest BCUT2D eigenvalue weighted by atomic mass is 10.1. The lowest BCUT2D eigenvalue weighted by Crippen LogP contribution is -2.19. The average Bonchev–Trinajstić information content (AvgIpc) is 2.03. The lowest BCUT2D eigenvalue weighted by Gasteiger charge is -2.13. The summed E-state index contributed by atoms with van der Waals surface area (Å²) in [6.07, 6.45) is 5.22.